The lowest BCUT2D eigenvalue weighted by Gasteiger charge is -2.43. The number of hydrogen-bond acceptors (Lipinski definition) is 3. The second-order valence-electron chi connectivity index (χ2n) is 9.56. The average molecular weight is 392 g/mol. The summed E-state index contributed by atoms with van der Waals surface area (Å²) in [4.78, 5) is 29.5. The van der Waals surface area contributed by atoms with Gasteiger partial charge in [-0.25, -0.2) is 0 Å². The van der Waals surface area contributed by atoms with Crippen molar-refractivity contribution in [3.63, 3.8) is 0 Å². The zero-order valence-corrected chi connectivity index (χ0v) is 17.5. The largest absolute Gasteiger partial charge is 0.337 e. The summed E-state index contributed by atoms with van der Waals surface area (Å²) in [5.41, 5.74) is 5.14. The Balaban J connectivity index is 1.51. The van der Waals surface area contributed by atoms with Crippen LogP contribution in [0.5, 0.6) is 0 Å². The van der Waals surface area contributed by atoms with Crippen LogP contribution in [0.3, 0.4) is 0 Å². The number of piperidine rings is 1. The van der Waals surface area contributed by atoms with E-state index >= 15 is 0 Å². The molecule has 152 valence electrons. The van der Waals surface area contributed by atoms with Crippen molar-refractivity contribution in [1.29, 1.82) is 0 Å². The summed E-state index contributed by atoms with van der Waals surface area (Å²) in [7, 11) is 1.83. The van der Waals surface area contributed by atoms with E-state index in [0.717, 1.165) is 48.4 Å². The number of nitrogens with zero attached hydrogens (tertiary/aromatic N) is 3. The molecule has 29 heavy (non-hydrogen) atoms. The van der Waals surface area contributed by atoms with Gasteiger partial charge in [0.1, 0.15) is 0 Å². The highest BCUT2D eigenvalue weighted by molar-refractivity contribution is 5.98. The molecule has 0 aliphatic carbocycles. The number of likely N-dealkylation sites (tertiary alicyclic amines) is 1. The zero-order chi connectivity index (χ0) is 20.3. The van der Waals surface area contributed by atoms with Gasteiger partial charge < -0.3 is 14.4 Å². The van der Waals surface area contributed by atoms with Crippen LogP contribution in [0.25, 0.3) is 11.1 Å². The Morgan fingerprint density at radius 1 is 1.03 bits per heavy atom. The fourth-order valence-corrected chi connectivity index (χ4v) is 5.54. The fourth-order valence-electron chi connectivity index (χ4n) is 5.54. The molecule has 0 saturated carbocycles. The molecule has 0 spiro atoms. The lowest BCUT2D eigenvalue weighted by Crippen LogP contribution is -2.48. The normalized spacial score (nSPS) is 23.4. The van der Waals surface area contributed by atoms with Crippen molar-refractivity contribution >= 4 is 5.91 Å². The quantitative estimate of drug-likeness (QED) is 0.807. The van der Waals surface area contributed by atoms with Crippen LogP contribution in [0.4, 0.5) is 0 Å². The molecule has 1 aromatic heterocycles. The molecule has 3 aliphatic heterocycles. The minimum atomic E-state index is 0.0792. The Kier molecular flexibility index (Phi) is 4.39. The van der Waals surface area contributed by atoms with Crippen molar-refractivity contribution in [2.24, 2.45) is 11.8 Å². The van der Waals surface area contributed by atoms with E-state index in [-0.39, 0.29) is 11.5 Å². The van der Waals surface area contributed by atoms with Gasteiger partial charge in [0.2, 0.25) is 0 Å². The summed E-state index contributed by atoms with van der Waals surface area (Å²) in [5.74, 6) is 1.74. The first-order valence-electron chi connectivity index (χ1n) is 10.7. The molecule has 1 amide bonds. The number of carbonyl (C=O) groups excluding carboxylic acids is 1. The van der Waals surface area contributed by atoms with Crippen molar-refractivity contribution in [3.05, 3.63) is 57.5 Å². The van der Waals surface area contributed by atoms with Gasteiger partial charge in [0.05, 0.1) is 0 Å². The standard InChI is InChI=1S/C24H29N3O2/c1-15(2)10-26-11-16-6-20(14-26)22-8-18(9-23(28)27(22)12-16)17-4-5-21-19(7-17)13-25(3)24(21)29/h4-5,7-9,15-16,20H,6,10-14H2,1-3H3/t16-,20+/m0/s1. The van der Waals surface area contributed by atoms with Gasteiger partial charge in [-0.05, 0) is 53.1 Å². The monoisotopic (exact) mass is 391 g/mol. The molecule has 4 heterocycles. The maximum Gasteiger partial charge on any atom is 0.254 e. The smallest absolute Gasteiger partial charge is 0.254 e. The van der Waals surface area contributed by atoms with Gasteiger partial charge >= 0.3 is 0 Å². The van der Waals surface area contributed by atoms with Crippen molar-refractivity contribution in [2.75, 3.05) is 26.7 Å². The Morgan fingerprint density at radius 3 is 2.66 bits per heavy atom. The third-order valence-electron chi connectivity index (χ3n) is 6.68. The fraction of sp³-hybridized carbons (Fsp3) is 0.500. The summed E-state index contributed by atoms with van der Waals surface area (Å²) in [6.45, 7) is 9.30. The highest BCUT2D eigenvalue weighted by Gasteiger charge is 2.35. The molecular weight excluding hydrogens is 362 g/mol. The van der Waals surface area contributed by atoms with Crippen LogP contribution < -0.4 is 5.56 Å². The lowest BCUT2D eigenvalue weighted by molar-refractivity contribution is 0.0816. The minimum Gasteiger partial charge on any atom is -0.337 e. The highest BCUT2D eigenvalue weighted by atomic mass is 16.2. The third-order valence-corrected chi connectivity index (χ3v) is 6.68. The predicted octanol–water partition coefficient (Wildman–Crippen LogP) is 3.18. The number of amides is 1. The predicted molar refractivity (Wildman–Crippen MR) is 114 cm³/mol. The summed E-state index contributed by atoms with van der Waals surface area (Å²) < 4.78 is 2.01. The van der Waals surface area contributed by atoms with Crippen molar-refractivity contribution < 1.29 is 4.79 Å². The Morgan fingerprint density at radius 2 is 1.86 bits per heavy atom. The molecule has 5 heteroatoms. The van der Waals surface area contributed by atoms with E-state index in [4.69, 9.17) is 0 Å². The van der Waals surface area contributed by atoms with E-state index < -0.39 is 0 Å². The number of hydrogen-bond donors (Lipinski definition) is 0. The zero-order valence-electron chi connectivity index (χ0n) is 17.5. The first kappa shape index (κ1) is 18.6. The second kappa shape index (κ2) is 6.84. The van der Waals surface area contributed by atoms with E-state index in [1.165, 1.54) is 12.1 Å². The van der Waals surface area contributed by atoms with Gasteiger partial charge in [-0.15, -0.1) is 0 Å². The van der Waals surface area contributed by atoms with Gasteiger partial charge in [-0.1, -0.05) is 19.9 Å². The molecule has 2 bridgehead atoms. The lowest BCUT2D eigenvalue weighted by atomic mass is 9.82. The maximum absolute atomic E-state index is 13.0. The van der Waals surface area contributed by atoms with Crippen LogP contribution in [0, 0.1) is 11.8 Å². The third kappa shape index (κ3) is 3.21. The van der Waals surface area contributed by atoms with E-state index in [0.29, 0.717) is 24.3 Å². The van der Waals surface area contributed by atoms with Crippen molar-refractivity contribution in [3.8, 4) is 11.1 Å². The summed E-state index contributed by atoms with van der Waals surface area (Å²) in [5, 5.41) is 0. The van der Waals surface area contributed by atoms with Gasteiger partial charge in [0.25, 0.3) is 11.5 Å². The first-order chi connectivity index (χ1) is 13.9. The number of aromatic nitrogens is 1. The average Bonchev–Trinajstić information content (AvgIpc) is 2.95. The molecular formula is C24H29N3O2. The first-order valence-corrected chi connectivity index (χ1v) is 10.7. The number of fused-ring (bicyclic) bond motifs is 5. The molecule has 0 radical (unpaired) electrons. The van der Waals surface area contributed by atoms with Crippen molar-refractivity contribution in [1.82, 2.24) is 14.4 Å². The highest BCUT2D eigenvalue weighted by Crippen LogP contribution is 2.37. The number of pyridine rings is 1. The number of benzene rings is 1. The van der Waals surface area contributed by atoms with Crippen LogP contribution in [-0.4, -0.2) is 47.0 Å². The molecule has 3 aliphatic rings. The summed E-state index contributed by atoms with van der Waals surface area (Å²) in [6.07, 6.45) is 1.18. The molecule has 1 saturated heterocycles. The molecule has 5 nitrogen and oxygen atoms in total. The second-order valence-corrected chi connectivity index (χ2v) is 9.56. The SMILES string of the molecule is CC(C)CN1C[C@@H]2C[C@H](C1)c1cc(-c3ccc4c(c3)CN(C)C4=O)cc(=O)n1C2. The van der Waals surface area contributed by atoms with E-state index in [1.807, 2.05) is 23.7 Å². The number of carbonyl (C=O) groups is 1. The summed E-state index contributed by atoms with van der Waals surface area (Å²) in [6, 6.07) is 9.98. The molecule has 0 N–H and O–H groups in total. The van der Waals surface area contributed by atoms with Crippen LogP contribution >= 0.6 is 0 Å². The molecule has 1 fully saturated rings. The van der Waals surface area contributed by atoms with Crippen LogP contribution in [-0.2, 0) is 13.1 Å². The van der Waals surface area contributed by atoms with Gasteiger partial charge in [-0.2, -0.15) is 0 Å². The molecule has 2 atom stereocenters. The van der Waals surface area contributed by atoms with E-state index in [9.17, 15) is 9.59 Å². The molecule has 5 rings (SSSR count). The topological polar surface area (TPSA) is 45.6 Å². The van der Waals surface area contributed by atoms with E-state index in [2.05, 4.69) is 30.9 Å². The van der Waals surface area contributed by atoms with Gasteiger partial charge in [0.15, 0.2) is 0 Å². The summed E-state index contributed by atoms with van der Waals surface area (Å²) >= 11 is 0. The minimum absolute atomic E-state index is 0.0792. The maximum atomic E-state index is 13.0. The van der Waals surface area contributed by atoms with Gasteiger partial charge in [0, 0.05) is 63.0 Å². The van der Waals surface area contributed by atoms with Crippen molar-refractivity contribution in [2.45, 2.75) is 39.3 Å². The van der Waals surface area contributed by atoms with Crippen LogP contribution in [0.2, 0.25) is 0 Å². The number of rotatable bonds is 3. The Labute approximate surface area is 171 Å². The van der Waals surface area contributed by atoms with E-state index in [1.54, 1.807) is 11.0 Å². The Hall–Kier alpha value is -2.40. The van der Waals surface area contributed by atoms with Crippen LogP contribution in [0.1, 0.15) is 47.8 Å². The van der Waals surface area contributed by atoms with Gasteiger partial charge in [-0.3, -0.25) is 9.59 Å². The Bertz CT molecular complexity index is 1040. The van der Waals surface area contributed by atoms with Crippen LogP contribution in [0.15, 0.2) is 35.1 Å². The molecule has 0 unspecified atom stereocenters. The molecule has 1 aromatic carbocycles. The molecule has 2 aromatic rings.